The van der Waals surface area contributed by atoms with E-state index in [0.29, 0.717) is 0 Å². The van der Waals surface area contributed by atoms with Crippen LogP contribution in [0.3, 0.4) is 0 Å². The van der Waals surface area contributed by atoms with E-state index in [1.165, 1.54) is 60.8 Å². The minimum absolute atomic E-state index is 0. The maximum absolute atomic E-state index is 10.7. The van der Waals surface area contributed by atoms with Crippen LogP contribution in [0.4, 0.5) is 26.3 Å². The molecule has 2 aliphatic rings. The molecule has 2 aliphatic carbocycles. The van der Waals surface area contributed by atoms with Gasteiger partial charge in [0.25, 0.3) is 0 Å². The first-order chi connectivity index (χ1) is 16.2. The summed E-state index contributed by atoms with van der Waals surface area (Å²) < 4.78 is 118. The minimum Gasteiger partial charge on any atom is -0.741 e. The van der Waals surface area contributed by atoms with Crippen LogP contribution in [0.5, 0.6) is 0 Å². The van der Waals surface area contributed by atoms with Crippen molar-refractivity contribution >= 4 is 20.2 Å². The van der Waals surface area contributed by atoms with E-state index in [4.69, 9.17) is 25.9 Å². The van der Waals surface area contributed by atoms with E-state index in [9.17, 15) is 26.3 Å². The molecule has 0 aromatic rings. The third kappa shape index (κ3) is 19.0. The second-order valence-electron chi connectivity index (χ2n) is 7.50. The molecule has 2 rings (SSSR count). The minimum atomic E-state index is -6.09. The Kier molecular flexibility index (Phi) is 20.4. The number of allylic oxidation sites excluding steroid dienone is 8. The summed E-state index contributed by atoms with van der Waals surface area (Å²) in [4.78, 5) is 0. The van der Waals surface area contributed by atoms with Crippen molar-refractivity contribution in [3.8, 4) is 0 Å². The predicted molar refractivity (Wildman–Crippen MR) is 121 cm³/mol. The number of hydrogen-bond donors (Lipinski definition) is 0. The quantitative estimate of drug-likeness (QED) is 0.137. The number of halogens is 6. The van der Waals surface area contributed by atoms with Crippen LogP contribution in [0.1, 0.15) is 79.1 Å². The largest absolute Gasteiger partial charge is 4.00 e. The Morgan fingerprint density at radius 3 is 1.11 bits per heavy atom. The summed E-state index contributed by atoms with van der Waals surface area (Å²) in [6, 6.07) is 0. The van der Waals surface area contributed by atoms with Crippen molar-refractivity contribution in [2.24, 2.45) is 0 Å². The van der Waals surface area contributed by atoms with Crippen LogP contribution in [-0.2, 0) is 46.4 Å². The van der Waals surface area contributed by atoms with Crippen molar-refractivity contribution in [2.45, 2.75) is 90.1 Å². The van der Waals surface area contributed by atoms with Gasteiger partial charge in [-0.2, -0.15) is 38.5 Å². The van der Waals surface area contributed by atoms with Crippen LogP contribution in [0.2, 0.25) is 0 Å². The molecular formula is C22H30F6O6S2Zr. The first kappa shape index (κ1) is 40.7. The molecule has 37 heavy (non-hydrogen) atoms. The smallest absolute Gasteiger partial charge is 0.741 e. The summed E-state index contributed by atoms with van der Waals surface area (Å²) in [5, 5.41) is 0. The Hall–Kier alpha value is -0.757. The topological polar surface area (TPSA) is 114 Å². The maximum Gasteiger partial charge on any atom is 4.00 e. The molecule has 0 fully saturated rings. The van der Waals surface area contributed by atoms with Gasteiger partial charge in [-0.3, -0.25) is 12.2 Å². The molecule has 0 spiro atoms. The molecule has 0 aromatic carbocycles. The van der Waals surface area contributed by atoms with Crippen molar-refractivity contribution in [1.82, 2.24) is 0 Å². The second-order valence-corrected chi connectivity index (χ2v) is 10.2. The van der Waals surface area contributed by atoms with E-state index in [0.717, 1.165) is 12.8 Å². The molecule has 0 saturated heterocycles. The van der Waals surface area contributed by atoms with Gasteiger partial charge in [0.1, 0.15) is 0 Å². The first-order valence-corrected chi connectivity index (χ1v) is 13.6. The average Bonchev–Trinajstić information content (AvgIpc) is 3.30. The molecule has 0 atom stereocenters. The molecule has 15 heteroatoms. The number of hydrogen-bond acceptors (Lipinski definition) is 6. The zero-order valence-corrected chi connectivity index (χ0v) is 24.9. The molecule has 0 N–H and O–H groups in total. The Morgan fingerprint density at radius 2 is 0.973 bits per heavy atom. The molecule has 0 amide bonds. The van der Waals surface area contributed by atoms with Gasteiger partial charge < -0.3 is 9.11 Å². The standard InChI is InChI=1S/2C10H15.2CHF3O3S.Zr/c2*1-3-4-7-10-8-5-6-9(10)2;2*2-1(3,4)8(5,6)7;/h2*6H,3-5,7H2,1-2H3;2*(H,5,6,7);/q2*-1;;;+4/p-2. The average molecular weight is 660 g/mol. The number of unbranched alkanes of at least 4 members (excludes halogenated alkanes) is 2. The number of rotatable bonds is 6. The van der Waals surface area contributed by atoms with Gasteiger partial charge in [0.15, 0.2) is 20.2 Å². The summed E-state index contributed by atoms with van der Waals surface area (Å²) in [7, 11) is -12.2. The van der Waals surface area contributed by atoms with E-state index in [2.05, 4.69) is 52.0 Å². The summed E-state index contributed by atoms with van der Waals surface area (Å²) in [5.41, 5.74) is -5.47. The van der Waals surface area contributed by atoms with E-state index in [-0.39, 0.29) is 26.2 Å². The Bertz CT molecular complexity index is 927. The fraction of sp³-hybridized carbons (Fsp3) is 0.636. The van der Waals surface area contributed by atoms with E-state index < -0.39 is 31.3 Å². The van der Waals surface area contributed by atoms with Crippen molar-refractivity contribution in [1.29, 1.82) is 0 Å². The van der Waals surface area contributed by atoms with Gasteiger partial charge in [-0.25, -0.2) is 39.1 Å². The number of alkyl halides is 6. The van der Waals surface area contributed by atoms with Crippen LogP contribution >= 0.6 is 0 Å². The van der Waals surface area contributed by atoms with Gasteiger partial charge in [-0.15, -0.1) is 26.7 Å². The van der Waals surface area contributed by atoms with Crippen LogP contribution in [0, 0.1) is 12.2 Å². The van der Waals surface area contributed by atoms with Crippen LogP contribution in [0.25, 0.3) is 0 Å². The third-order valence-electron chi connectivity index (χ3n) is 4.53. The third-order valence-corrected chi connectivity index (χ3v) is 5.66. The predicted octanol–water partition coefficient (Wildman–Crippen LogP) is 6.61. The first-order valence-electron chi connectivity index (χ1n) is 10.8. The van der Waals surface area contributed by atoms with Gasteiger partial charge in [0.05, 0.1) is 0 Å². The van der Waals surface area contributed by atoms with Gasteiger partial charge in [0, 0.05) is 0 Å². The molecule has 0 aromatic heterocycles. The maximum atomic E-state index is 10.7. The van der Waals surface area contributed by atoms with Crippen molar-refractivity contribution in [2.75, 3.05) is 0 Å². The monoisotopic (exact) mass is 658 g/mol. The summed E-state index contributed by atoms with van der Waals surface area (Å²) in [6.45, 7) is 8.83. The Labute approximate surface area is 234 Å². The van der Waals surface area contributed by atoms with Crippen molar-refractivity contribution in [3.05, 3.63) is 46.6 Å². The molecule has 0 heterocycles. The van der Waals surface area contributed by atoms with Crippen LogP contribution in [-0.4, -0.2) is 37.0 Å². The Morgan fingerprint density at radius 1 is 0.730 bits per heavy atom. The van der Waals surface area contributed by atoms with E-state index >= 15 is 0 Å². The SMILES string of the molecule is CCCCC1=[C-]CC=C1C.CCCCC1=[C-]CC=C1C.O=S(=O)([O-])C(F)(F)F.O=S(=O)([O-])C(F)(F)F.[Zr+4]. The van der Waals surface area contributed by atoms with Crippen LogP contribution < -0.4 is 0 Å². The molecule has 6 nitrogen and oxygen atoms in total. The van der Waals surface area contributed by atoms with Gasteiger partial charge in [-0.1, -0.05) is 52.4 Å². The van der Waals surface area contributed by atoms with Gasteiger partial charge >= 0.3 is 37.2 Å². The van der Waals surface area contributed by atoms with E-state index in [1.807, 2.05) is 0 Å². The summed E-state index contributed by atoms with van der Waals surface area (Å²) in [5.74, 6) is 0. The van der Waals surface area contributed by atoms with E-state index in [1.54, 1.807) is 0 Å². The molecule has 212 valence electrons. The molecule has 0 bridgehead atoms. The van der Waals surface area contributed by atoms with Gasteiger partial charge in [-0.05, 0) is 0 Å². The summed E-state index contributed by atoms with van der Waals surface area (Å²) >= 11 is 0. The van der Waals surface area contributed by atoms with Crippen LogP contribution in [0.15, 0.2) is 34.4 Å². The summed E-state index contributed by atoms with van der Waals surface area (Å²) in [6.07, 6.45) is 21.0. The second kappa shape index (κ2) is 18.5. The molecule has 0 radical (unpaired) electrons. The normalized spacial score (nSPS) is 15.2. The molecule has 0 unspecified atom stereocenters. The zero-order valence-electron chi connectivity index (χ0n) is 20.8. The fourth-order valence-electron chi connectivity index (χ4n) is 2.46. The Balaban J connectivity index is -0.000000416. The van der Waals surface area contributed by atoms with Crippen molar-refractivity contribution in [3.63, 3.8) is 0 Å². The fourth-order valence-corrected chi connectivity index (χ4v) is 2.46. The zero-order chi connectivity index (χ0) is 28.8. The van der Waals surface area contributed by atoms with Gasteiger partial charge in [0.2, 0.25) is 0 Å². The van der Waals surface area contributed by atoms with Crippen molar-refractivity contribution < 1.29 is 78.5 Å². The molecular weight excluding hydrogens is 630 g/mol. The molecule has 0 aliphatic heterocycles. The molecule has 0 saturated carbocycles.